The quantitative estimate of drug-likeness (QED) is 0.884. The van der Waals surface area contributed by atoms with Gasteiger partial charge in [-0.2, -0.15) is 0 Å². The van der Waals surface area contributed by atoms with Crippen molar-refractivity contribution in [1.29, 1.82) is 0 Å². The second-order valence-electron chi connectivity index (χ2n) is 5.19. The van der Waals surface area contributed by atoms with Crippen molar-refractivity contribution in [2.45, 2.75) is 38.8 Å². The zero-order chi connectivity index (χ0) is 13.8. The van der Waals surface area contributed by atoms with Crippen molar-refractivity contribution in [3.8, 4) is 0 Å². The van der Waals surface area contributed by atoms with Crippen LogP contribution in [0.3, 0.4) is 0 Å². The van der Waals surface area contributed by atoms with Crippen LogP contribution in [0.5, 0.6) is 0 Å². The van der Waals surface area contributed by atoms with Crippen molar-refractivity contribution in [2.75, 3.05) is 13.6 Å². The van der Waals surface area contributed by atoms with Crippen molar-refractivity contribution < 1.29 is 9.18 Å². The summed E-state index contributed by atoms with van der Waals surface area (Å²) in [6, 6.07) is 5.49. The van der Waals surface area contributed by atoms with Crippen molar-refractivity contribution in [3.63, 3.8) is 0 Å². The number of carbonyl (C=O) groups excluding carboxylic acids is 1. The highest BCUT2D eigenvalue weighted by Crippen LogP contribution is 2.24. The number of hydrogen-bond donors (Lipinski definition) is 1. The summed E-state index contributed by atoms with van der Waals surface area (Å²) in [7, 11) is 1.91. The summed E-state index contributed by atoms with van der Waals surface area (Å²) in [6.45, 7) is 3.16. The maximum atomic E-state index is 13.5. The van der Waals surface area contributed by atoms with Gasteiger partial charge in [0.15, 0.2) is 0 Å². The van der Waals surface area contributed by atoms with E-state index in [1.807, 2.05) is 18.0 Å². The first-order valence-electron chi connectivity index (χ1n) is 6.81. The van der Waals surface area contributed by atoms with Gasteiger partial charge in [0, 0.05) is 19.0 Å². The van der Waals surface area contributed by atoms with E-state index in [1.54, 1.807) is 13.0 Å². The maximum absolute atomic E-state index is 13.5. The summed E-state index contributed by atoms with van der Waals surface area (Å²) in [5, 5.41) is 3.11. The van der Waals surface area contributed by atoms with Crippen LogP contribution in [-0.4, -0.2) is 30.4 Å². The van der Waals surface area contributed by atoms with E-state index in [0.29, 0.717) is 18.5 Å². The van der Waals surface area contributed by atoms with E-state index in [9.17, 15) is 9.18 Å². The Kier molecular flexibility index (Phi) is 4.53. The highest BCUT2D eigenvalue weighted by Gasteiger charge is 2.30. The van der Waals surface area contributed by atoms with Gasteiger partial charge in [0.25, 0.3) is 0 Å². The molecular formula is C15H21FN2O. The molecule has 3 nitrogen and oxygen atoms in total. The highest BCUT2D eigenvalue weighted by atomic mass is 19.1. The predicted octanol–water partition coefficient (Wildman–Crippen LogP) is 2.23. The van der Waals surface area contributed by atoms with E-state index < -0.39 is 0 Å². The minimum absolute atomic E-state index is 0.182. The summed E-state index contributed by atoms with van der Waals surface area (Å²) in [5.41, 5.74) is 1.51. The average molecular weight is 264 g/mol. The Balaban J connectivity index is 2.06. The third-order valence-corrected chi connectivity index (χ3v) is 3.77. The first-order chi connectivity index (χ1) is 9.11. The van der Waals surface area contributed by atoms with E-state index in [2.05, 4.69) is 5.32 Å². The molecule has 1 N–H and O–H groups in total. The first kappa shape index (κ1) is 14.0. The molecule has 4 heteroatoms. The number of aryl methyl sites for hydroxylation is 1. The van der Waals surface area contributed by atoms with Gasteiger partial charge < -0.3 is 10.2 Å². The SMILES string of the molecule is CNCCC1CCC(=O)N1Cc1ccc(C)c(F)c1. The van der Waals surface area contributed by atoms with Crippen LogP contribution in [0.25, 0.3) is 0 Å². The second-order valence-corrected chi connectivity index (χ2v) is 5.19. The van der Waals surface area contributed by atoms with Gasteiger partial charge in [-0.25, -0.2) is 4.39 Å². The van der Waals surface area contributed by atoms with E-state index in [4.69, 9.17) is 0 Å². The molecule has 19 heavy (non-hydrogen) atoms. The molecule has 1 unspecified atom stereocenters. The normalized spacial score (nSPS) is 19.2. The maximum Gasteiger partial charge on any atom is 0.223 e. The average Bonchev–Trinajstić information content (AvgIpc) is 2.73. The summed E-state index contributed by atoms with van der Waals surface area (Å²) in [5.74, 6) is -0.0157. The minimum atomic E-state index is -0.198. The van der Waals surface area contributed by atoms with Crippen LogP contribution in [0.15, 0.2) is 18.2 Å². The lowest BCUT2D eigenvalue weighted by Gasteiger charge is -2.25. The molecule has 104 valence electrons. The number of carbonyl (C=O) groups is 1. The van der Waals surface area contributed by atoms with Crippen molar-refractivity contribution >= 4 is 5.91 Å². The number of nitrogens with zero attached hydrogens (tertiary/aromatic N) is 1. The third-order valence-electron chi connectivity index (χ3n) is 3.77. The fraction of sp³-hybridized carbons (Fsp3) is 0.533. The standard InChI is InChI=1S/C15H21FN2O/c1-11-3-4-12(9-14(11)16)10-18-13(7-8-17-2)5-6-15(18)19/h3-4,9,13,17H,5-8,10H2,1-2H3. The van der Waals surface area contributed by atoms with Gasteiger partial charge in [-0.05, 0) is 50.6 Å². The monoisotopic (exact) mass is 264 g/mol. The van der Waals surface area contributed by atoms with E-state index >= 15 is 0 Å². The Morgan fingerprint density at radius 2 is 2.26 bits per heavy atom. The van der Waals surface area contributed by atoms with Crippen LogP contribution in [0.1, 0.15) is 30.4 Å². The lowest BCUT2D eigenvalue weighted by molar-refractivity contribution is -0.129. The second kappa shape index (κ2) is 6.15. The summed E-state index contributed by atoms with van der Waals surface area (Å²) >= 11 is 0. The molecule has 1 aromatic carbocycles. The molecular weight excluding hydrogens is 243 g/mol. The van der Waals surface area contributed by atoms with Gasteiger partial charge >= 0.3 is 0 Å². The predicted molar refractivity (Wildman–Crippen MR) is 73.3 cm³/mol. The van der Waals surface area contributed by atoms with E-state index in [0.717, 1.165) is 24.9 Å². The largest absolute Gasteiger partial charge is 0.335 e. The molecule has 1 heterocycles. The van der Waals surface area contributed by atoms with Crippen LogP contribution >= 0.6 is 0 Å². The number of halogens is 1. The van der Waals surface area contributed by atoms with Crippen LogP contribution in [0.2, 0.25) is 0 Å². The molecule has 1 aliphatic heterocycles. The van der Waals surface area contributed by atoms with Crippen molar-refractivity contribution in [2.24, 2.45) is 0 Å². The molecule has 0 aliphatic carbocycles. The van der Waals surface area contributed by atoms with E-state index in [-0.39, 0.29) is 17.8 Å². The molecule has 1 amide bonds. The van der Waals surface area contributed by atoms with Gasteiger partial charge in [0.2, 0.25) is 5.91 Å². The summed E-state index contributed by atoms with van der Waals surface area (Å²) < 4.78 is 13.5. The number of benzene rings is 1. The molecule has 1 fully saturated rings. The molecule has 1 aliphatic rings. The number of rotatable bonds is 5. The van der Waals surface area contributed by atoms with Gasteiger partial charge in [-0.1, -0.05) is 12.1 Å². The Hall–Kier alpha value is -1.42. The van der Waals surface area contributed by atoms with Gasteiger partial charge in [0.1, 0.15) is 5.82 Å². The number of likely N-dealkylation sites (tertiary alicyclic amines) is 1. The molecule has 0 aromatic heterocycles. The number of nitrogens with one attached hydrogen (secondary N) is 1. The van der Waals surface area contributed by atoms with Gasteiger partial charge in [0.05, 0.1) is 0 Å². The zero-order valence-electron chi connectivity index (χ0n) is 11.6. The van der Waals surface area contributed by atoms with Crippen LogP contribution in [0.4, 0.5) is 4.39 Å². The summed E-state index contributed by atoms with van der Waals surface area (Å²) in [6.07, 6.45) is 2.48. The Bertz CT molecular complexity index is 461. The lowest BCUT2D eigenvalue weighted by Crippen LogP contribution is -2.34. The van der Waals surface area contributed by atoms with Gasteiger partial charge in [-0.3, -0.25) is 4.79 Å². The Morgan fingerprint density at radius 3 is 2.95 bits per heavy atom. The van der Waals surface area contributed by atoms with Crippen LogP contribution in [-0.2, 0) is 11.3 Å². The molecule has 1 aromatic rings. The molecule has 0 saturated carbocycles. The topological polar surface area (TPSA) is 32.3 Å². The van der Waals surface area contributed by atoms with Gasteiger partial charge in [-0.15, -0.1) is 0 Å². The molecule has 0 radical (unpaired) electrons. The Morgan fingerprint density at radius 1 is 1.47 bits per heavy atom. The number of hydrogen-bond acceptors (Lipinski definition) is 2. The fourth-order valence-electron chi connectivity index (χ4n) is 2.55. The smallest absolute Gasteiger partial charge is 0.223 e. The molecule has 0 spiro atoms. The van der Waals surface area contributed by atoms with Crippen LogP contribution in [0, 0.1) is 12.7 Å². The number of amides is 1. The van der Waals surface area contributed by atoms with E-state index in [1.165, 1.54) is 6.07 Å². The minimum Gasteiger partial charge on any atom is -0.335 e. The fourth-order valence-corrected chi connectivity index (χ4v) is 2.55. The molecule has 1 saturated heterocycles. The Labute approximate surface area is 113 Å². The molecule has 0 bridgehead atoms. The van der Waals surface area contributed by atoms with Crippen molar-refractivity contribution in [3.05, 3.63) is 35.1 Å². The summed E-state index contributed by atoms with van der Waals surface area (Å²) in [4.78, 5) is 13.8. The zero-order valence-corrected chi connectivity index (χ0v) is 11.6. The lowest BCUT2D eigenvalue weighted by atomic mass is 10.1. The highest BCUT2D eigenvalue weighted by molar-refractivity contribution is 5.78. The molecule has 2 rings (SSSR count). The first-order valence-corrected chi connectivity index (χ1v) is 6.81. The third kappa shape index (κ3) is 3.32. The van der Waals surface area contributed by atoms with Crippen molar-refractivity contribution in [1.82, 2.24) is 10.2 Å². The molecule has 1 atom stereocenters. The van der Waals surface area contributed by atoms with Crippen LogP contribution < -0.4 is 5.32 Å².